The minimum atomic E-state index is 0.558. The molecule has 0 atom stereocenters. The number of anilines is 1. The summed E-state index contributed by atoms with van der Waals surface area (Å²) >= 11 is 0. The maximum Gasteiger partial charge on any atom is 0.129 e. The summed E-state index contributed by atoms with van der Waals surface area (Å²) in [5, 5.41) is 0. The van der Waals surface area contributed by atoms with E-state index in [0.717, 1.165) is 30.9 Å². The summed E-state index contributed by atoms with van der Waals surface area (Å²) in [6, 6.07) is 4.78. The molecular formula is C16H29N3. The Morgan fingerprint density at radius 2 is 1.84 bits per heavy atom. The van der Waals surface area contributed by atoms with E-state index in [9.17, 15) is 0 Å². The molecule has 0 fully saturated rings. The zero-order chi connectivity index (χ0) is 14.4. The number of aryl methyl sites for hydroxylation is 1. The van der Waals surface area contributed by atoms with Crippen molar-refractivity contribution in [1.29, 1.82) is 0 Å². The summed E-state index contributed by atoms with van der Waals surface area (Å²) in [7, 11) is 0. The van der Waals surface area contributed by atoms with E-state index in [1.54, 1.807) is 0 Å². The van der Waals surface area contributed by atoms with Crippen LogP contribution in [0.5, 0.6) is 0 Å². The molecule has 3 nitrogen and oxygen atoms in total. The predicted octanol–water partition coefficient (Wildman–Crippen LogP) is 3.50. The molecule has 2 N–H and O–H groups in total. The molecule has 0 saturated heterocycles. The molecule has 1 heterocycles. The smallest absolute Gasteiger partial charge is 0.129 e. The lowest BCUT2D eigenvalue weighted by Gasteiger charge is -2.33. The lowest BCUT2D eigenvalue weighted by molar-refractivity contribution is 0.503. The van der Waals surface area contributed by atoms with Gasteiger partial charge in [0, 0.05) is 24.8 Å². The monoisotopic (exact) mass is 263 g/mol. The average Bonchev–Trinajstić information content (AvgIpc) is 2.37. The molecule has 1 aromatic rings. The van der Waals surface area contributed by atoms with E-state index in [1.807, 2.05) is 6.92 Å². The first-order valence-corrected chi connectivity index (χ1v) is 7.46. The molecule has 0 aliphatic rings. The van der Waals surface area contributed by atoms with Crippen molar-refractivity contribution in [3.63, 3.8) is 0 Å². The standard InChI is InChI=1S/C16H29N3/c1-6-15(7-2)19(11-12(3)4)16-9-14(10-17)8-13(5)18-16/h8-9,12,15H,6-7,10-11,17H2,1-5H3. The van der Waals surface area contributed by atoms with Gasteiger partial charge in [0.25, 0.3) is 0 Å². The van der Waals surface area contributed by atoms with Gasteiger partial charge in [-0.05, 0) is 43.4 Å². The second-order valence-electron chi connectivity index (χ2n) is 5.70. The second kappa shape index (κ2) is 7.49. The van der Waals surface area contributed by atoms with Gasteiger partial charge in [-0.3, -0.25) is 0 Å². The van der Waals surface area contributed by atoms with Crippen LogP contribution in [0.25, 0.3) is 0 Å². The first-order valence-electron chi connectivity index (χ1n) is 7.46. The SMILES string of the molecule is CCC(CC)N(CC(C)C)c1cc(CN)cc(C)n1. The van der Waals surface area contributed by atoms with Crippen LogP contribution in [-0.4, -0.2) is 17.6 Å². The van der Waals surface area contributed by atoms with Crippen molar-refractivity contribution >= 4 is 5.82 Å². The average molecular weight is 263 g/mol. The molecule has 0 bridgehead atoms. The molecule has 0 unspecified atom stereocenters. The maximum atomic E-state index is 5.78. The summed E-state index contributed by atoms with van der Waals surface area (Å²) in [5.74, 6) is 1.71. The summed E-state index contributed by atoms with van der Waals surface area (Å²) < 4.78 is 0. The lowest BCUT2D eigenvalue weighted by atomic mass is 10.1. The third kappa shape index (κ3) is 4.50. The van der Waals surface area contributed by atoms with E-state index in [2.05, 4.69) is 44.7 Å². The van der Waals surface area contributed by atoms with E-state index in [1.165, 1.54) is 5.56 Å². The zero-order valence-corrected chi connectivity index (χ0v) is 13.1. The molecule has 0 saturated carbocycles. The summed E-state index contributed by atoms with van der Waals surface area (Å²) in [6.45, 7) is 12.7. The normalized spacial score (nSPS) is 11.4. The van der Waals surface area contributed by atoms with Gasteiger partial charge in [0.2, 0.25) is 0 Å². The number of nitrogens with zero attached hydrogens (tertiary/aromatic N) is 2. The van der Waals surface area contributed by atoms with Crippen molar-refractivity contribution in [2.45, 2.75) is 60.0 Å². The van der Waals surface area contributed by atoms with E-state index in [0.29, 0.717) is 18.5 Å². The van der Waals surface area contributed by atoms with E-state index in [4.69, 9.17) is 10.7 Å². The number of nitrogens with two attached hydrogens (primary N) is 1. The largest absolute Gasteiger partial charge is 0.353 e. The van der Waals surface area contributed by atoms with Crippen LogP contribution in [0.2, 0.25) is 0 Å². The van der Waals surface area contributed by atoms with Gasteiger partial charge in [0.05, 0.1) is 0 Å². The quantitative estimate of drug-likeness (QED) is 0.818. The van der Waals surface area contributed by atoms with Crippen LogP contribution < -0.4 is 10.6 Å². The fourth-order valence-electron chi connectivity index (χ4n) is 2.54. The Bertz CT molecular complexity index is 384. The number of rotatable bonds is 7. The molecule has 1 rings (SSSR count). The molecule has 108 valence electrons. The number of hydrogen-bond donors (Lipinski definition) is 1. The van der Waals surface area contributed by atoms with E-state index in [-0.39, 0.29) is 0 Å². The van der Waals surface area contributed by atoms with Gasteiger partial charge >= 0.3 is 0 Å². The van der Waals surface area contributed by atoms with Crippen LogP contribution in [-0.2, 0) is 6.54 Å². The van der Waals surface area contributed by atoms with Gasteiger partial charge in [0.1, 0.15) is 5.82 Å². The number of hydrogen-bond acceptors (Lipinski definition) is 3. The van der Waals surface area contributed by atoms with Crippen LogP contribution >= 0.6 is 0 Å². The first kappa shape index (κ1) is 16.0. The van der Waals surface area contributed by atoms with Crippen LogP contribution in [0.15, 0.2) is 12.1 Å². The Morgan fingerprint density at radius 3 is 2.32 bits per heavy atom. The Labute approximate surface area is 118 Å². The Hall–Kier alpha value is -1.09. The lowest BCUT2D eigenvalue weighted by Crippen LogP contribution is -2.38. The molecule has 0 aliphatic heterocycles. The molecule has 3 heteroatoms. The highest BCUT2D eigenvalue weighted by Crippen LogP contribution is 2.22. The van der Waals surface area contributed by atoms with Crippen molar-refractivity contribution < 1.29 is 0 Å². The summed E-state index contributed by atoms with van der Waals surface area (Å²) in [5.41, 5.74) is 8.01. The highest BCUT2D eigenvalue weighted by Gasteiger charge is 2.18. The molecule has 1 aromatic heterocycles. The fourth-order valence-corrected chi connectivity index (χ4v) is 2.54. The van der Waals surface area contributed by atoms with Crippen LogP contribution in [0, 0.1) is 12.8 Å². The molecule has 0 aliphatic carbocycles. The van der Waals surface area contributed by atoms with Crippen LogP contribution in [0.3, 0.4) is 0 Å². The van der Waals surface area contributed by atoms with Crippen molar-refractivity contribution in [3.8, 4) is 0 Å². The highest BCUT2D eigenvalue weighted by atomic mass is 15.2. The van der Waals surface area contributed by atoms with Gasteiger partial charge in [-0.2, -0.15) is 0 Å². The third-order valence-electron chi connectivity index (χ3n) is 3.47. The molecule has 0 amide bonds. The minimum Gasteiger partial charge on any atom is -0.353 e. The summed E-state index contributed by atoms with van der Waals surface area (Å²) in [4.78, 5) is 7.18. The van der Waals surface area contributed by atoms with Gasteiger partial charge in [-0.25, -0.2) is 4.98 Å². The van der Waals surface area contributed by atoms with Crippen LogP contribution in [0.4, 0.5) is 5.82 Å². The topological polar surface area (TPSA) is 42.1 Å². The Morgan fingerprint density at radius 1 is 1.21 bits per heavy atom. The number of aromatic nitrogens is 1. The van der Waals surface area contributed by atoms with Crippen molar-refractivity contribution in [3.05, 3.63) is 23.4 Å². The van der Waals surface area contributed by atoms with E-state index < -0.39 is 0 Å². The maximum absolute atomic E-state index is 5.78. The highest BCUT2D eigenvalue weighted by molar-refractivity contribution is 5.44. The molecular weight excluding hydrogens is 234 g/mol. The molecule has 0 aromatic carbocycles. The summed E-state index contributed by atoms with van der Waals surface area (Å²) in [6.07, 6.45) is 2.30. The van der Waals surface area contributed by atoms with Gasteiger partial charge in [-0.1, -0.05) is 27.7 Å². The fraction of sp³-hybridized carbons (Fsp3) is 0.688. The minimum absolute atomic E-state index is 0.558. The van der Waals surface area contributed by atoms with Crippen molar-refractivity contribution in [1.82, 2.24) is 4.98 Å². The Balaban J connectivity index is 3.11. The molecule has 0 radical (unpaired) electrons. The van der Waals surface area contributed by atoms with Crippen molar-refractivity contribution in [2.24, 2.45) is 11.7 Å². The zero-order valence-electron chi connectivity index (χ0n) is 13.1. The predicted molar refractivity (Wildman–Crippen MR) is 83.4 cm³/mol. The van der Waals surface area contributed by atoms with Gasteiger partial charge < -0.3 is 10.6 Å². The first-order chi connectivity index (χ1) is 9.01. The third-order valence-corrected chi connectivity index (χ3v) is 3.47. The van der Waals surface area contributed by atoms with Gasteiger partial charge in [-0.15, -0.1) is 0 Å². The van der Waals surface area contributed by atoms with E-state index >= 15 is 0 Å². The van der Waals surface area contributed by atoms with Gasteiger partial charge in [0.15, 0.2) is 0 Å². The second-order valence-corrected chi connectivity index (χ2v) is 5.70. The molecule has 19 heavy (non-hydrogen) atoms. The number of pyridine rings is 1. The Kier molecular flexibility index (Phi) is 6.29. The van der Waals surface area contributed by atoms with Crippen LogP contribution in [0.1, 0.15) is 51.8 Å². The molecule has 0 spiro atoms. The van der Waals surface area contributed by atoms with Crippen molar-refractivity contribution in [2.75, 3.05) is 11.4 Å².